The molecule has 15 rings (SSSR count). The number of aromatic nitrogens is 2. The zero-order valence-corrected chi connectivity index (χ0v) is 41.1. The van der Waals surface area contributed by atoms with Crippen LogP contribution >= 0.6 is 0 Å². The number of para-hydroxylation sites is 7. The second-order valence-electron chi connectivity index (χ2n) is 19.8. The minimum atomic E-state index is -4.65. The number of hydrogen-bond acceptors (Lipinski definition) is 3. The first-order chi connectivity index (χ1) is 37.8. The molecule has 9 heteroatoms. The minimum Gasteiger partial charge on any atom is -0.311 e. The van der Waals surface area contributed by atoms with E-state index in [1.165, 1.54) is 28.5 Å². The fourth-order valence-electron chi connectivity index (χ4n) is 12.5. The summed E-state index contributed by atoms with van der Waals surface area (Å²) in [5.74, 6) is 0. The predicted molar refractivity (Wildman–Crippen MR) is 310 cm³/mol. The molecule has 13 aromatic rings. The molecule has 0 fully saturated rings. The third-order valence-corrected chi connectivity index (χ3v) is 15.7. The molecule has 0 radical (unpaired) electrons. The van der Waals surface area contributed by atoms with Crippen molar-refractivity contribution in [1.82, 2.24) is 9.13 Å². The van der Waals surface area contributed by atoms with Crippen LogP contribution in [0.15, 0.2) is 249 Å². The summed E-state index contributed by atoms with van der Waals surface area (Å²) in [4.78, 5) is 4.80. The van der Waals surface area contributed by atoms with E-state index in [2.05, 4.69) is 183 Å². The van der Waals surface area contributed by atoms with Crippen LogP contribution in [0.25, 0.3) is 77.2 Å². The summed E-state index contributed by atoms with van der Waals surface area (Å²) in [7, 11) is 0. The van der Waals surface area contributed by atoms with Gasteiger partial charge in [-0.25, -0.2) is 0 Å². The van der Waals surface area contributed by atoms with Crippen molar-refractivity contribution in [2.75, 3.05) is 9.80 Å². The Morgan fingerprint density at radius 3 is 1.35 bits per heavy atom. The third kappa shape index (κ3) is 6.75. The lowest BCUT2D eigenvalue weighted by Crippen LogP contribution is -2.61. The molecule has 0 aliphatic carbocycles. The standard InChI is InChI=1S/C68H41BF3N5/c70-68(71,72)46-33-36-62(54(41-46)52-37-43(42-73)31-34-60(52)76-57-26-12-7-21-49(57)50-22-8-13-27-58(50)76)77-59-28-14-9-23-51(59)53-38-44(32-35-61(53)77)45-39-65-67-66(40-45)75(48-19-5-2-6-20-48)64-30-16-11-25-56(64)69(67)55-24-10-15-29-63(55)74(65)47-17-3-1-4-18-47/h1-41H. The average molecular weight is 996 g/mol. The van der Waals surface area contributed by atoms with E-state index in [-0.39, 0.29) is 6.71 Å². The maximum Gasteiger partial charge on any atom is 0.416 e. The highest BCUT2D eigenvalue weighted by atomic mass is 19.4. The number of benzene rings is 11. The van der Waals surface area contributed by atoms with E-state index in [1.54, 1.807) is 18.2 Å². The molecule has 0 atom stereocenters. The van der Waals surface area contributed by atoms with Gasteiger partial charge in [-0.15, -0.1) is 0 Å². The Labute approximate surface area is 441 Å². The number of hydrogen-bond donors (Lipinski definition) is 0. The van der Waals surface area contributed by atoms with Gasteiger partial charge < -0.3 is 18.9 Å². The highest BCUT2D eigenvalue weighted by Gasteiger charge is 2.43. The largest absolute Gasteiger partial charge is 0.416 e. The quantitative estimate of drug-likeness (QED) is 0.156. The van der Waals surface area contributed by atoms with Crippen molar-refractivity contribution in [3.05, 3.63) is 260 Å². The van der Waals surface area contributed by atoms with Gasteiger partial charge in [0.2, 0.25) is 0 Å². The van der Waals surface area contributed by atoms with Gasteiger partial charge in [0.05, 0.1) is 50.6 Å². The van der Waals surface area contributed by atoms with E-state index < -0.39 is 11.7 Å². The van der Waals surface area contributed by atoms with Gasteiger partial charge in [-0.1, -0.05) is 133 Å². The highest BCUT2D eigenvalue weighted by molar-refractivity contribution is 7.00. The van der Waals surface area contributed by atoms with E-state index in [0.29, 0.717) is 28.1 Å². The van der Waals surface area contributed by atoms with E-state index in [9.17, 15) is 5.26 Å². The molecule has 362 valence electrons. The van der Waals surface area contributed by atoms with Gasteiger partial charge in [0.25, 0.3) is 6.71 Å². The summed E-state index contributed by atoms with van der Waals surface area (Å²) in [5.41, 5.74) is 17.2. The van der Waals surface area contributed by atoms with E-state index >= 15 is 13.2 Å². The molecule has 4 heterocycles. The van der Waals surface area contributed by atoms with Crippen LogP contribution in [0.3, 0.4) is 0 Å². The van der Waals surface area contributed by atoms with E-state index in [0.717, 1.165) is 88.9 Å². The number of anilines is 6. The van der Waals surface area contributed by atoms with Crippen molar-refractivity contribution < 1.29 is 13.2 Å². The molecular weight excluding hydrogens is 955 g/mol. The van der Waals surface area contributed by atoms with Gasteiger partial charge in [-0.3, -0.25) is 0 Å². The van der Waals surface area contributed by atoms with Crippen molar-refractivity contribution in [2.24, 2.45) is 0 Å². The van der Waals surface area contributed by atoms with Crippen molar-refractivity contribution >= 4 is 101 Å². The SMILES string of the molecule is N#Cc1ccc(-n2c3ccccc3c3ccccc32)c(-c2cc(C(F)(F)F)ccc2-n2c3ccccc3c3cc(-c4cc5c6c(c4)N(c4ccccc4)c4ccccc4B6c4ccccc4N5c4ccccc4)ccc32)c1. The molecule has 11 aromatic carbocycles. The molecule has 2 aliphatic heterocycles. The lowest BCUT2D eigenvalue weighted by Gasteiger charge is -2.44. The predicted octanol–water partition coefficient (Wildman–Crippen LogP) is 16.2. The molecule has 0 saturated heterocycles. The summed E-state index contributed by atoms with van der Waals surface area (Å²) < 4.78 is 49.5. The Kier molecular flexibility index (Phi) is 9.81. The maximum atomic E-state index is 15.1. The molecule has 0 spiro atoms. The van der Waals surface area contributed by atoms with Gasteiger partial charge in [-0.05, 0) is 143 Å². The molecule has 0 N–H and O–H groups in total. The summed E-state index contributed by atoms with van der Waals surface area (Å²) >= 11 is 0. The number of nitriles is 1. The number of nitrogens with zero attached hydrogens (tertiary/aromatic N) is 5. The molecule has 77 heavy (non-hydrogen) atoms. The Morgan fingerprint density at radius 1 is 0.364 bits per heavy atom. The van der Waals surface area contributed by atoms with Crippen molar-refractivity contribution in [2.45, 2.75) is 6.18 Å². The molecule has 0 amide bonds. The van der Waals surface area contributed by atoms with Crippen LogP contribution in [0.4, 0.5) is 47.3 Å². The lowest BCUT2D eigenvalue weighted by atomic mass is 9.33. The van der Waals surface area contributed by atoms with E-state index in [4.69, 9.17) is 0 Å². The first kappa shape index (κ1) is 44.5. The van der Waals surface area contributed by atoms with Crippen LogP contribution in [0.2, 0.25) is 0 Å². The van der Waals surface area contributed by atoms with Crippen LogP contribution in [-0.2, 0) is 6.18 Å². The minimum absolute atomic E-state index is 0.0379. The van der Waals surface area contributed by atoms with Gasteiger partial charge in [0.1, 0.15) is 0 Å². The first-order valence-corrected chi connectivity index (χ1v) is 25.7. The molecule has 2 aliphatic rings. The Balaban J connectivity index is 0.983. The Hall–Kier alpha value is -10.0. The van der Waals surface area contributed by atoms with Gasteiger partial charge in [-0.2, -0.15) is 18.4 Å². The average Bonchev–Trinajstić information content (AvgIpc) is 4.00. The smallest absolute Gasteiger partial charge is 0.311 e. The van der Waals surface area contributed by atoms with Crippen molar-refractivity contribution in [1.29, 1.82) is 5.26 Å². The molecule has 2 aromatic heterocycles. The first-order valence-electron chi connectivity index (χ1n) is 25.7. The molecule has 0 unspecified atom stereocenters. The van der Waals surface area contributed by atoms with Crippen molar-refractivity contribution in [3.63, 3.8) is 0 Å². The third-order valence-electron chi connectivity index (χ3n) is 15.7. The fourth-order valence-corrected chi connectivity index (χ4v) is 12.5. The van der Waals surface area contributed by atoms with Crippen LogP contribution in [0.5, 0.6) is 0 Å². The monoisotopic (exact) mass is 995 g/mol. The second kappa shape index (κ2) is 17.0. The van der Waals surface area contributed by atoms with Crippen LogP contribution < -0.4 is 26.2 Å². The Morgan fingerprint density at radius 2 is 0.818 bits per heavy atom. The Bertz CT molecular complexity index is 4440. The van der Waals surface area contributed by atoms with Gasteiger partial charge in [0, 0.05) is 66.8 Å². The van der Waals surface area contributed by atoms with Crippen LogP contribution in [0, 0.1) is 11.3 Å². The number of rotatable bonds is 6. The molecular formula is C68H41BF3N5. The summed E-state index contributed by atoms with van der Waals surface area (Å²) in [6.07, 6.45) is -4.65. The molecule has 0 bridgehead atoms. The van der Waals surface area contributed by atoms with Crippen LogP contribution in [-0.4, -0.2) is 15.8 Å². The van der Waals surface area contributed by atoms with Crippen LogP contribution in [0.1, 0.15) is 11.1 Å². The van der Waals surface area contributed by atoms with Gasteiger partial charge in [0.15, 0.2) is 0 Å². The van der Waals surface area contributed by atoms with Gasteiger partial charge >= 0.3 is 6.18 Å². The summed E-state index contributed by atoms with van der Waals surface area (Å²) in [6.45, 7) is -0.0379. The zero-order chi connectivity index (χ0) is 51.5. The zero-order valence-electron chi connectivity index (χ0n) is 41.1. The topological polar surface area (TPSA) is 40.1 Å². The lowest BCUT2D eigenvalue weighted by molar-refractivity contribution is -0.137. The molecule has 0 saturated carbocycles. The highest BCUT2D eigenvalue weighted by Crippen LogP contribution is 2.48. The fraction of sp³-hybridized carbons (Fsp3) is 0.0147. The van der Waals surface area contributed by atoms with E-state index in [1.807, 2.05) is 60.7 Å². The maximum absolute atomic E-state index is 15.1. The molecule has 5 nitrogen and oxygen atoms in total. The summed E-state index contributed by atoms with van der Waals surface area (Å²) in [6, 6.07) is 85.6. The number of alkyl halides is 3. The number of halogens is 3. The second-order valence-corrected chi connectivity index (χ2v) is 19.8. The normalized spacial score (nSPS) is 12.8. The van der Waals surface area contributed by atoms with Crippen molar-refractivity contribution in [3.8, 4) is 39.7 Å². The number of fused-ring (bicyclic) bond motifs is 10. The summed E-state index contributed by atoms with van der Waals surface area (Å²) in [5, 5.41) is 14.3.